The van der Waals surface area contributed by atoms with Crippen LogP contribution in [-0.2, 0) is 4.79 Å². The Balaban J connectivity index is 1.62. The average Bonchev–Trinajstić information content (AvgIpc) is 2.78. The van der Waals surface area contributed by atoms with Crippen molar-refractivity contribution in [2.45, 2.75) is 57.6 Å². The van der Waals surface area contributed by atoms with Gasteiger partial charge in [-0.1, -0.05) is 51.1 Å². The van der Waals surface area contributed by atoms with Gasteiger partial charge in [0.15, 0.2) is 0 Å². The second kappa shape index (κ2) is 9.29. The van der Waals surface area contributed by atoms with Crippen LogP contribution in [0.25, 0.3) is 0 Å². The highest BCUT2D eigenvalue weighted by molar-refractivity contribution is 5.86. The Labute approximate surface area is 200 Å². The van der Waals surface area contributed by atoms with Crippen LogP contribution in [0.2, 0.25) is 0 Å². The number of piperazine rings is 1. The third-order valence-corrected chi connectivity index (χ3v) is 7.11. The molecule has 182 valence electrons. The van der Waals surface area contributed by atoms with Crippen LogP contribution in [-0.4, -0.2) is 63.3 Å². The lowest BCUT2D eigenvalue weighted by molar-refractivity contribution is -0.148. The van der Waals surface area contributed by atoms with Gasteiger partial charge in [-0.3, -0.25) is 4.79 Å². The highest BCUT2D eigenvalue weighted by Crippen LogP contribution is 2.45. The van der Waals surface area contributed by atoms with E-state index >= 15 is 0 Å². The zero-order valence-corrected chi connectivity index (χ0v) is 20.1. The molecule has 2 aromatic carbocycles. The van der Waals surface area contributed by atoms with E-state index in [-0.39, 0.29) is 23.9 Å². The maximum Gasteiger partial charge on any atom is 0.407 e. The smallest absolute Gasteiger partial charge is 0.407 e. The third-order valence-electron chi connectivity index (χ3n) is 7.11. The van der Waals surface area contributed by atoms with Gasteiger partial charge in [0, 0.05) is 19.6 Å². The molecule has 7 heteroatoms. The molecule has 2 aromatic rings. The predicted molar refractivity (Wildman–Crippen MR) is 129 cm³/mol. The topological polar surface area (TPSA) is 90.3 Å². The van der Waals surface area contributed by atoms with Crippen LogP contribution in [0.4, 0.5) is 4.79 Å². The molecule has 0 bridgehead atoms. The number of hydrogen-bond acceptors (Lipinski definition) is 4. The molecule has 0 radical (unpaired) electrons. The molecule has 0 spiro atoms. The van der Waals surface area contributed by atoms with E-state index in [1.165, 1.54) is 4.90 Å². The minimum atomic E-state index is -1.11. The summed E-state index contributed by atoms with van der Waals surface area (Å²) in [4.78, 5) is 28.9. The van der Waals surface area contributed by atoms with Crippen LogP contribution in [0.3, 0.4) is 0 Å². The largest absolute Gasteiger partial charge is 0.465 e. The number of para-hydroxylation sites is 1. The first-order valence-corrected chi connectivity index (χ1v) is 11.9. The Bertz CT molecular complexity index is 1030. The second-order valence-corrected chi connectivity index (χ2v) is 10.5. The molecule has 2 amide bonds. The monoisotopic (exact) mass is 466 g/mol. The van der Waals surface area contributed by atoms with E-state index in [0.29, 0.717) is 43.0 Å². The van der Waals surface area contributed by atoms with Crippen LogP contribution in [0.5, 0.6) is 11.5 Å². The van der Waals surface area contributed by atoms with Gasteiger partial charge in [-0.2, -0.15) is 0 Å². The summed E-state index contributed by atoms with van der Waals surface area (Å²) < 4.78 is 5.98. The third kappa shape index (κ3) is 4.89. The normalized spacial score (nSPS) is 20.9. The van der Waals surface area contributed by atoms with E-state index in [4.69, 9.17) is 4.74 Å². The molecule has 1 aliphatic carbocycles. The van der Waals surface area contributed by atoms with E-state index in [9.17, 15) is 19.8 Å². The van der Waals surface area contributed by atoms with Crippen molar-refractivity contribution in [1.82, 2.24) is 9.80 Å². The average molecular weight is 467 g/mol. The van der Waals surface area contributed by atoms with Crippen molar-refractivity contribution in [2.75, 3.05) is 19.6 Å². The molecular formula is C27H34N2O5. The number of carboxylic acid groups (broad SMARTS) is 1. The number of rotatable bonds is 5. The fourth-order valence-corrected chi connectivity index (χ4v) is 5.03. The molecule has 1 heterocycles. The molecule has 2 N–H and O–H groups in total. The number of aliphatic hydroxyl groups is 1. The maximum atomic E-state index is 13.9. The quantitative estimate of drug-likeness (QED) is 0.666. The predicted octanol–water partition coefficient (Wildman–Crippen LogP) is 4.71. The number of ether oxygens (including phenoxy) is 1. The molecule has 1 saturated heterocycles. The highest BCUT2D eigenvalue weighted by Gasteiger charge is 2.50. The molecule has 0 aromatic heterocycles. The maximum absolute atomic E-state index is 13.9. The Hall–Kier alpha value is -3.06. The Kier molecular flexibility index (Phi) is 6.58. The number of hydrogen-bond donors (Lipinski definition) is 2. The lowest BCUT2D eigenvalue weighted by Crippen LogP contribution is -2.62. The van der Waals surface area contributed by atoms with E-state index < -0.39 is 17.6 Å². The Morgan fingerprint density at radius 3 is 2.29 bits per heavy atom. The second-order valence-electron chi connectivity index (χ2n) is 10.5. The number of benzene rings is 2. The fourth-order valence-electron chi connectivity index (χ4n) is 5.03. The first-order chi connectivity index (χ1) is 16.1. The van der Waals surface area contributed by atoms with Gasteiger partial charge in [-0.25, -0.2) is 4.79 Å². The summed E-state index contributed by atoms with van der Waals surface area (Å²) in [6, 6.07) is 16.5. The van der Waals surface area contributed by atoms with Crippen molar-refractivity contribution in [3.8, 4) is 11.5 Å². The summed E-state index contributed by atoms with van der Waals surface area (Å²) in [6.45, 7) is 6.84. The first-order valence-electron chi connectivity index (χ1n) is 11.9. The van der Waals surface area contributed by atoms with Crippen molar-refractivity contribution in [1.29, 1.82) is 0 Å². The summed E-state index contributed by atoms with van der Waals surface area (Å²) in [5.41, 5.74) is -0.721. The summed E-state index contributed by atoms with van der Waals surface area (Å²) in [7, 11) is 0. The molecule has 1 saturated carbocycles. The van der Waals surface area contributed by atoms with Gasteiger partial charge in [0.25, 0.3) is 0 Å². The summed E-state index contributed by atoms with van der Waals surface area (Å²) in [6.07, 6.45) is 1.03. The van der Waals surface area contributed by atoms with E-state index in [1.54, 1.807) is 4.90 Å². The van der Waals surface area contributed by atoms with E-state index in [0.717, 1.165) is 6.42 Å². The first kappa shape index (κ1) is 24.1. The van der Waals surface area contributed by atoms with Gasteiger partial charge in [0.05, 0.1) is 17.6 Å². The Morgan fingerprint density at radius 2 is 1.71 bits per heavy atom. The van der Waals surface area contributed by atoms with Gasteiger partial charge in [-0.15, -0.1) is 0 Å². The molecule has 2 atom stereocenters. The fraction of sp³-hybridized carbons (Fsp3) is 0.481. The zero-order chi connectivity index (χ0) is 24.5. The van der Waals surface area contributed by atoms with Crippen molar-refractivity contribution in [2.24, 2.45) is 5.41 Å². The van der Waals surface area contributed by atoms with Crippen LogP contribution in [0.15, 0.2) is 54.6 Å². The number of amides is 2. The standard InChI is InChI=1S/C27H34N2O5/c1-26(2,3)22-18-28(15-16-29(22)25(31)32)24(30)23(27(33)13-8-14-27)19-9-7-12-21(17-19)34-20-10-5-4-6-11-20/h4-7,9-12,17,22-23,33H,8,13-16,18H2,1-3H3,(H,31,32). The number of nitrogens with zero attached hydrogens (tertiary/aromatic N) is 2. The van der Waals surface area contributed by atoms with Gasteiger partial charge in [-0.05, 0) is 54.5 Å². The molecule has 2 fully saturated rings. The molecule has 2 aliphatic rings. The molecule has 2 unspecified atom stereocenters. The zero-order valence-electron chi connectivity index (χ0n) is 20.1. The lowest BCUT2D eigenvalue weighted by Gasteiger charge is -2.49. The molecule has 34 heavy (non-hydrogen) atoms. The van der Waals surface area contributed by atoms with Crippen LogP contribution in [0, 0.1) is 5.41 Å². The van der Waals surface area contributed by atoms with E-state index in [2.05, 4.69) is 0 Å². The van der Waals surface area contributed by atoms with E-state index in [1.807, 2.05) is 75.4 Å². The van der Waals surface area contributed by atoms with Crippen molar-refractivity contribution in [3.05, 3.63) is 60.2 Å². The van der Waals surface area contributed by atoms with Crippen LogP contribution in [0.1, 0.15) is 51.5 Å². The Morgan fingerprint density at radius 1 is 1.03 bits per heavy atom. The highest BCUT2D eigenvalue weighted by atomic mass is 16.5. The van der Waals surface area contributed by atoms with Crippen LogP contribution >= 0.6 is 0 Å². The van der Waals surface area contributed by atoms with Crippen molar-refractivity contribution >= 4 is 12.0 Å². The molecule has 1 aliphatic heterocycles. The van der Waals surface area contributed by atoms with Crippen molar-refractivity contribution in [3.63, 3.8) is 0 Å². The number of carbonyl (C=O) groups excluding carboxylic acids is 1. The van der Waals surface area contributed by atoms with Crippen LogP contribution < -0.4 is 4.74 Å². The van der Waals surface area contributed by atoms with Gasteiger partial charge < -0.3 is 24.7 Å². The minimum Gasteiger partial charge on any atom is -0.465 e. The summed E-state index contributed by atoms with van der Waals surface area (Å²) in [5, 5.41) is 21.1. The molecule has 7 nitrogen and oxygen atoms in total. The van der Waals surface area contributed by atoms with Gasteiger partial charge >= 0.3 is 6.09 Å². The summed E-state index contributed by atoms with van der Waals surface area (Å²) >= 11 is 0. The lowest BCUT2D eigenvalue weighted by atomic mass is 9.68. The van der Waals surface area contributed by atoms with Gasteiger partial charge in [0.2, 0.25) is 5.91 Å². The van der Waals surface area contributed by atoms with Gasteiger partial charge in [0.1, 0.15) is 11.5 Å². The SMILES string of the molecule is CC(C)(C)C1CN(C(=O)C(c2cccc(Oc3ccccc3)c2)C2(O)CCC2)CCN1C(=O)O. The molecular weight excluding hydrogens is 432 g/mol. The molecule has 4 rings (SSSR count). The summed E-state index contributed by atoms with van der Waals surface area (Å²) in [5.74, 6) is 0.423. The number of carbonyl (C=O) groups is 2. The minimum absolute atomic E-state index is 0.154. The van der Waals surface area contributed by atoms with Crippen molar-refractivity contribution < 1.29 is 24.5 Å².